The Morgan fingerprint density at radius 3 is 1.77 bits per heavy atom. The van der Waals surface area contributed by atoms with Crippen molar-refractivity contribution < 1.29 is 0 Å². The zero-order valence-corrected chi connectivity index (χ0v) is 8.15. The summed E-state index contributed by atoms with van der Waals surface area (Å²) >= 11 is 0. The molecule has 80 valence electrons. The monoisotopic (exact) mass is 189 g/mol. The smallest absolute Gasteiger partial charge is 0.0177 e. The summed E-state index contributed by atoms with van der Waals surface area (Å²) in [4.78, 5) is 0. The summed E-state index contributed by atoms with van der Waals surface area (Å²) in [6.07, 6.45) is 2.31. The first-order valence-corrected chi connectivity index (χ1v) is 4.77. The molecule has 0 aromatic heterocycles. The Labute approximate surface area is 80.0 Å². The third-order valence-corrected chi connectivity index (χ3v) is 2.05. The minimum absolute atomic E-state index is 0.0138. The average molecular weight is 189 g/mol. The van der Waals surface area contributed by atoms with Crippen molar-refractivity contribution in [2.45, 2.75) is 37.4 Å². The van der Waals surface area contributed by atoms with Gasteiger partial charge in [0, 0.05) is 24.7 Å². The molecule has 0 bridgehead atoms. The van der Waals surface area contributed by atoms with Crippen LogP contribution in [0.3, 0.4) is 0 Å². The van der Waals surface area contributed by atoms with Gasteiger partial charge < -0.3 is 28.7 Å². The van der Waals surface area contributed by atoms with E-state index in [2.05, 4.69) is 0 Å². The van der Waals surface area contributed by atoms with Gasteiger partial charge in [0.25, 0.3) is 0 Å². The molecule has 0 aliphatic rings. The number of hydrogen-bond donors (Lipinski definition) is 5. The molecule has 5 nitrogen and oxygen atoms in total. The fourth-order valence-electron chi connectivity index (χ4n) is 1.30. The largest absolute Gasteiger partial charge is 0.330 e. The predicted molar refractivity (Wildman–Crippen MR) is 55.9 cm³/mol. The lowest BCUT2D eigenvalue weighted by Gasteiger charge is -2.19. The van der Waals surface area contributed by atoms with E-state index in [1.807, 2.05) is 0 Å². The Morgan fingerprint density at radius 2 is 1.31 bits per heavy atom. The lowest BCUT2D eigenvalue weighted by atomic mass is 10.00. The first-order chi connectivity index (χ1) is 6.10. The maximum absolute atomic E-state index is 5.82. The number of hydrogen-bond acceptors (Lipinski definition) is 5. The van der Waals surface area contributed by atoms with Crippen molar-refractivity contribution in [2.75, 3.05) is 13.1 Å². The van der Waals surface area contributed by atoms with Crippen LogP contribution in [0.2, 0.25) is 0 Å². The molecule has 0 amide bonds. The molecule has 0 aromatic carbocycles. The van der Waals surface area contributed by atoms with Crippen LogP contribution in [0, 0.1) is 0 Å². The van der Waals surface area contributed by atoms with E-state index in [0.29, 0.717) is 13.1 Å². The highest BCUT2D eigenvalue weighted by molar-refractivity contribution is 4.76. The quantitative estimate of drug-likeness (QED) is 0.318. The summed E-state index contributed by atoms with van der Waals surface area (Å²) in [6, 6.07) is 0.116. The molecule has 0 saturated carbocycles. The van der Waals surface area contributed by atoms with Crippen LogP contribution >= 0.6 is 0 Å². The molecule has 0 aliphatic heterocycles. The second-order valence-electron chi connectivity index (χ2n) is 3.56. The van der Waals surface area contributed by atoms with Crippen LogP contribution in [0.4, 0.5) is 0 Å². The molecular weight excluding hydrogens is 166 g/mol. The molecular formula is C8H23N5. The molecule has 5 heteroatoms. The van der Waals surface area contributed by atoms with E-state index in [1.54, 1.807) is 0 Å². The van der Waals surface area contributed by atoms with Crippen LogP contribution in [0.1, 0.15) is 19.3 Å². The van der Waals surface area contributed by atoms with Crippen molar-refractivity contribution >= 4 is 0 Å². The minimum Gasteiger partial charge on any atom is -0.330 e. The highest BCUT2D eigenvalue weighted by Crippen LogP contribution is 2.02. The molecule has 0 spiro atoms. The SMILES string of the molecule is NCCC(N)CC(N)CC(N)CN. The topological polar surface area (TPSA) is 130 Å². The van der Waals surface area contributed by atoms with Gasteiger partial charge in [-0.3, -0.25) is 0 Å². The second-order valence-corrected chi connectivity index (χ2v) is 3.56. The lowest BCUT2D eigenvalue weighted by Crippen LogP contribution is -2.40. The van der Waals surface area contributed by atoms with Gasteiger partial charge in [-0.15, -0.1) is 0 Å². The van der Waals surface area contributed by atoms with E-state index < -0.39 is 0 Å². The van der Waals surface area contributed by atoms with Crippen LogP contribution in [0.5, 0.6) is 0 Å². The normalized spacial score (nSPS) is 18.2. The van der Waals surface area contributed by atoms with E-state index in [0.717, 1.165) is 19.3 Å². The van der Waals surface area contributed by atoms with E-state index in [4.69, 9.17) is 28.7 Å². The molecule has 10 N–H and O–H groups in total. The third-order valence-electron chi connectivity index (χ3n) is 2.05. The van der Waals surface area contributed by atoms with Gasteiger partial charge in [-0.25, -0.2) is 0 Å². The Bertz CT molecular complexity index is 119. The lowest BCUT2D eigenvalue weighted by molar-refractivity contribution is 0.448. The minimum atomic E-state index is -0.0138. The molecule has 0 rings (SSSR count). The molecule has 13 heavy (non-hydrogen) atoms. The van der Waals surface area contributed by atoms with Crippen molar-refractivity contribution in [3.05, 3.63) is 0 Å². The molecule has 0 heterocycles. The van der Waals surface area contributed by atoms with Crippen LogP contribution in [-0.2, 0) is 0 Å². The number of rotatable bonds is 7. The maximum atomic E-state index is 5.82. The Kier molecular flexibility index (Phi) is 7.12. The molecule has 0 aliphatic carbocycles. The predicted octanol–water partition coefficient (Wildman–Crippen LogP) is -1.94. The summed E-state index contributed by atoms with van der Waals surface area (Å²) < 4.78 is 0. The fourth-order valence-corrected chi connectivity index (χ4v) is 1.30. The van der Waals surface area contributed by atoms with Crippen molar-refractivity contribution in [3.8, 4) is 0 Å². The first-order valence-electron chi connectivity index (χ1n) is 4.77. The van der Waals surface area contributed by atoms with Crippen molar-refractivity contribution in [1.29, 1.82) is 0 Å². The van der Waals surface area contributed by atoms with Gasteiger partial charge in [-0.2, -0.15) is 0 Å². The van der Waals surface area contributed by atoms with Gasteiger partial charge in [0.2, 0.25) is 0 Å². The summed E-state index contributed by atoms with van der Waals surface area (Å²) in [5.74, 6) is 0. The highest BCUT2D eigenvalue weighted by Gasteiger charge is 2.11. The van der Waals surface area contributed by atoms with E-state index in [9.17, 15) is 0 Å². The molecule has 0 saturated heterocycles. The summed E-state index contributed by atoms with van der Waals surface area (Å²) in [5.41, 5.74) is 28.0. The summed E-state index contributed by atoms with van der Waals surface area (Å²) in [5, 5.41) is 0. The Hall–Kier alpha value is -0.200. The van der Waals surface area contributed by atoms with Gasteiger partial charge in [0.15, 0.2) is 0 Å². The van der Waals surface area contributed by atoms with Gasteiger partial charge in [0.1, 0.15) is 0 Å². The van der Waals surface area contributed by atoms with Crippen molar-refractivity contribution in [2.24, 2.45) is 28.7 Å². The Morgan fingerprint density at radius 1 is 0.769 bits per heavy atom. The van der Waals surface area contributed by atoms with Gasteiger partial charge >= 0.3 is 0 Å². The van der Waals surface area contributed by atoms with Crippen LogP contribution < -0.4 is 28.7 Å². The zero-order chi connectivity index (χ0) is 10.3. The van der Waals surface area contributed by atoms with E-state index >= 15 is 0 Å². The molecule has 0 aromatic rings. The second kappa shape index (κ2) is 7.23. The molecule has 3 atom stereocenters. The van der Waals surface area contributed by atoms with Crippen molar-refractivity contribution in [3.63, 3.8) is 0 Å². The van der Waals surface area contributed by atoms with Gasteiger partial charge in [-0.05, 0) is 25.8 Å². The highest BCUT2D eigenvalue weighted by atomic mass is 14.8. The van der Waals surface area contributed by atoms with Crippen molar-refractivity contribution in [1.82, 2.24) is 0 Å². The van der Waals surface area contributed by atoms with Crippen LogP contribution in [0.15, 0.2) is 0 Å². The Balaban J connectivity index is 3.54. The number of nitrogens with two attached hydrogens (primary N) is 5. The standard InChI is InChI=1S/C8H23N5/c9-2-1-6(11)3-7(12)4-8(13)5-10/h6-8H,1-5,9-13H2. The summed E-state index contributed by atoms with van der Waals surface area (Å²) in [6.45, 7) is 1.08. The van der Waals surface area contributed by atoms with Crippen LogP contribution in [-0.4, -0.2) is 31.2 Å². The van der Waals surface area contributed by atoms with E-state index in [-0.39, 0.29) is 18.1 Å². The third kappa shape index (κ3) is 6.92. The summed E-state index contributed by atoms with van der Waals surface area (Å²) in [7, 11) is 0. The van der Waals surface area contributed by atoms with Gasteiger partial charge in [0.05, 0.1) is 0 Å². The first kappa shape index (κ1) is 12.8. The van der Waals surface area contributed by atoms with Gasteiger partial charge in [-0.1, -0.05) is 0 Å². The molecule has 3 unspecified atom stereocenters. The average Bonchev–Trinajstić information content (AvgIpc) is 2.04. The maximum Gasteiger partial charge on any atom is 0.0177 e. The molecule has 0 radical (unpaired) electrons. The zero-order valence-electron chi connectivity index (χ0n) is 8.15. The van der Waals surface area contributed by atoms with Crippen LogP contribution in [0.25, 0.3) is 0 Å². The fraction of sp³-hybridized carbons (Fsp3) is 1.00. The van der Waals surface area contributed by atoms with E-state index in [1.165, 1.54) is 0 Å². The molecule has 0 fully saturated rings.